The van der Waals surface area contributed by atoms with E-state index in [1.807, 2.05) is 37.3 Å². The van der Waals surface area contributed by atoms with Crippen molar-refractivity contribution in [3.63, 3.8) is 0 Å². The number of fused-ring (bicyclic) bond motifs is 1. The molecule has 0 amide bonds. The summed E-state index contributed by atoms with van der Waals surface area (Å²) in [5.74, 6) is 1.04. The molecule has 3 rings (SSSR count). The van der Waals surface area contributed by atoms with E-state index < -0.39 is 5.60 Å². The Kier molecular flexibility index (Phi) is 2.90. The molecule has 1 atom stereocenters. The molecule has 0 radical (unpaired) electrons. The standard InChI is InChI=1S/C16H20O2/c1-16(17,13-8-3-2-4-9-13)15-11-12-7-5-6-10-14(12)18-15/h5-7,10-11,13,17H,2-4,8-9H2,1H3. The molecule has 2 heteroatoms. The second-order valence-corrected chi connectivity index (χ2v) is 5.63. The third kappa shape index (κ3) is 1.95. The van der Waals surface area contributed by atoms with E-state index in [0.29, 0.717) is 5.92 Å². The van der Waals surface area contributed by atoms with Crippen molar-refractivity contribution in [3.8, 4) is 0 Å². The van der Waals surface area contributed by atoms with Gasteiger partial charge in [0.25, 0.3) is 0 Å². The molecule has 1 unspecified atom stereocenters. The molecule has 96 valence electrons. The number of para-hydroxylation sites is 1. The molecule has 1 aromatic carbocycles. The smallest absolute Gasteiger partial charge is 0.136 e. The van der Waals surface area contributed by atoms with E-state index in [-0.39, 0.29) is 0 Å². The minimum absolute atomic E-state index is 0.326. The van der Waals surface area contributed by atoms with Crippen LogP contribution < -0.4 is 0 Å². The number of hydrogen-bond donors (Lipinski definition) is 1. The summed E-state index contributed by atoms with van der Waals surface area (Å²) in [6.07, 6.45) is 5.95. The third-order valence-electron chi connectivity index (χ3n) is 4.32. The average Bonchev–Trinajstić information content (AvgIpc) is 2.84. The minimum Gasteiger partial charge on any atom is -0.458 e. The minimum atomic E-state index is -0.834. The summed E-state index contributed by atoms with van der Waals surface area (Å²) >= 11 is 0. The summed E-state index contributed by atoms with van der Waals surface area (Å²) < 4.78 is 5.84. The second-order valence-electron chi connectivity index (χ2n) is 5.63. The first kappa shape index (κ1) is 11.8. The molecule has 0 bridgehead atoms. The van der Waals surface area contributed by atoms with Gasteiger partial charge in [-0.05, 0) is 37.8 Å². The lowest BCUT2D eigenvalue weighted by Crippen LogP contribution is -2.32. The maximum atomic E-state index is 10.8. The normalized spacial score (nSPS) is 21.0. The molecule has 18 heavy (non-hydrogen) atoms. The molecule has 1 N–H and O–H groups in total. The third-order valence-corrected chi connectivity index (χ3v) is 4.32. The van der Waals surface area contributed by atoms with Gasteiger partial charge in [0.15, 0.2) is 0 Å². The van der Waals surface area contributed by atoms with Crippen LogP contribution in [0, 0.1) is 5.92 Å². The number of furan rings is 1. The summed E-state index contributed by atoms with van der Waals surface area (Å²) in [6.45, 7) is 1.90. The van der Waals surface area contributed by atoms with Crippen LogP contribution in [0.1, 0.15) is 44.8 Å². The monoisotopic (exact) mass is 244 g/mol. The quantitative estimate of drug-likeness (QED) is 0.858. The van der Waals surface area contributed by atoms with Crippen molar-refractivity contribution in [3.05, 3.63) is 36.1 Å². The van der Waals surface area contributed by atoms with Gasteiger partial charge >= 0.3 is 0 Å². The SMILES string of the molecule is CC(O)(c1cc2ccccc2o1)C1CCCCC1. The van der Waals surface area contributed by atoms with Crippen LogP contribution in [-0.2, 0) is 5.60 Å². The zero-order valence-electron chi connectivity index (χ0n) is 10.9. The van der Waals surface area contributed by atoms with Crippen LogP contribution >= 0.6 is 0 Å². The molecule has 0 spiro atoms. The molecule has 1 heterocycles. The first-order chi connectivity index (χ1) is 8.68. The molecule has 1 aliphatic rings. The van der Waals surface area contributed by atoms with Crippen LogP contribution in [0.25, 0.3) is 11.0 Å². The van der Waals surface area contributed by atoms with Gasteiger partial charge in [-0.1, -0.05) is 37.5 Å². The van der Waals surface area contributed by atoms with E-state index in [1.165, 1.54) is 19.3 Å². The Morgan fingerprint density at radius 1 is 1.17 bits per heavy atom. The highest BCUT2D eigenvalue weighted by Gasteiger charge is 2.37. The van der Waals surface area contributed by atoms with Crippen LogP contribution in [0.4, 0.5) is 0 Å². The van der Waals surface area contributed by atoms with Crippen molar-refractivity contribution in [1.29, 1.82) is 0 Å². The molecule has 0 aliphatic heterocycles. The van der Waals surface area contributed by atoms with Gasteiger partial charge in [0.1, 0.15) is 16.9 Å². The van der Waals surface area contributed by atoms with Gasteiger partial charge in [-0.15, -0.1) is 0 Å². The largest absolute Gasteiger partial charge is 0.458 e. The van der Waals surface area contributed by atoms with E-state index in [4.69, 9.17) is 4.42 Å². The number of hydrogen-bond acceptors (Lipinski definition) is 2. The molecule has 1 aliphatic carbocycles. The molecule has 2 nitrogen and oxygen atoms in total. The van der Waals surface area contributed by atoms with Crippen LogP contribution in [-0.4, -0.2) is 5.11 Å². The Hall–Kier alpha value is -1.28. The van der Waals surface area contributed by atoms with Crippen LogP contribution in [0.2, 0.25) is 0 Å². The first-order valence-corrected chi connectivity index (χ1v) is 6.89. The average molecular weight is 244 g/mol. The van der Waals surface area contributed by atoms with Crippen LogP contribution in [0.3, 0.4) is 0 Å². The van der Waals surface area contributed by atoms with Crippen molar-refractivity contribution in [2.45, 2.75) is 44.6 Å². The van der Waals surface area contributed by atoms with Crippen LogP contribution in [0.5, 0.6) is 0 Å². The predicted octanol–water partition coefficient (Wildman–Crippen LogP) is 4.22. The van der Waals surface area contributed by atoms with Crippen molar-refractivity contribution in [1.82, 2.24) is 0 Å². The number of rotatable bonds is 2. The lowest BCUT2D eigenvalue weighted by Gasteiger charge is -2.33. The summed E-state index contributed by atoms with van der Waals surface area (Å²) in [7, 11) is 0. The maximum absolute atomic E-state index is 10.8. The van der Waals surface area contributed by atoms with Crippen molar-refractivity contribution >= 4 is 11.0 Å². The van der Waals surface area contributed by atoms with E-state index in [2.05, 4.69) is 0 Å². The summed E-state index contributed by atoms with van der Waals surface area (Å²) in [5, 5.41) is 11.9. The molecular formula is C16H20O2. The molecule has 0 saturated heterocycles. The van der Waals surface area contributed by atoms with Crippen molar-refractivity contribution in [2.24, 2.45) is 5.92 Å². The molecule has 2 aromatic rings. The van der Waals surface area contributed by atoms with E-state index in [9.17, 15) is 5.11 Å². The van der Waals surface area contributed by atoms with Gasteiger partial charge in [0.05, 0.1) is 0 Å². The zero-order valence-corrected chi connectivity index (χ0v) is 10.9. The molecular weight excluding hydrogens is 224 g/mol. The molecule has 1 fully saturated rings. The van der Waals surface area contributed by atoms with E-state index in [0.717, 1.165) is 29.6 Å². The Labute approximate surface area is 108 Å². The highest BCUT2D eigenvalue weighted by Crippen LogP contribution is 2.40. The van der Waals surface area contributed by atoms with Gasteiger partial charge in [-0.25, -0.2) is 0 Å². The highest BCUT2D eigenvalue weighted by molar-refractivity contribution is 5.77. The highest BCUT2D eigenvalue weighted by atomic mass is 16.4. The lowest BCUT2D eigenvalue weighted by atomic mass is 9.76. The molecule has 1 aromatic heterocycles. The summed E-state index contributed by atoms with van der Waals surface area (Å²) in [6, 6.07) is 9.93. The van der Waals surface area contributed by atoms with Gasteiger partial charge in [0.2, 0.25) is 0 Å². The van der Waals surface area contributed by atoms with Gasteiger partial charge in [0, 0.05) is 5.39 Å². The Morgan fingerprint density at radius 2 is 1.89 bits per heavy atom. The van der Waals surface area contributed by atoms with Gasteiger partial charge < -0.3 is 9.52 Å². The molecule has 1 saturated carbocycles. The predicted molar refractivity (Wildman–Crippen MR) is 72.4 cm³/mol. The number of aliphatic hydroxyl groups is 1. The Bertz CT molecular complexity index is 500. The van der Waals surface area contributed by atoms with E-state index in [1.54, 1.807) is 0 Å². The topological polar surface area (TPSA) is 33.4 Å². The van der Waals surface area contributed by atoms with Crippen molar-refractivity contribution in [2.75, 3.05) is 0 Å². The van der Waals surface area contributed by atoms with Gasteiger partial charge in [-0.3, -0.25) is 0 Å². The summed E-state index contributed by atoms with van der Waals surface area (Å²) in [4.78, 5) is 0. The van der Waals surface area contributed by atoms with Crippen molar-refractivity contribution < 1.29 is 9.52 Å². The maximum Gasteiger partial charge on any atom is 0.136 e. The van der Waals surface area contributed by atoms with E-state index >= 15 is 0 Å². The fourth-order valence-electron chi connectivity index (χ4n) is 3.10. The zero-order chi connectivity index (χ0) is 12.6. The first-order valence-electron chi connectivity index (χ1n) is 6.89. The fourth-order valence-corrected chi connectivity index (χ4v) is 3.10. The van der Waals surface area contributed by atoms with Crippen LogP contribution in [0.15, 0.2) is 34.7 Å². The lowest BCUT2D eigenvalue weighted by molar-refractivity contribution is -0.0378. The Balaban J connectivity index is 1.96. The number of benzene rings is 1. The van der Waals surface area contributed by atoms with Gasteiger partial charge in [-0.2, -0.15) is 0 Å². The Morgan fingerprint density at radius 3 is 2.61 bits per heavy atom. The fraction of sp³-hybridized carbons (Fsp3) is 0.500. The second kappa shape index (κ2) is 4.43. The summed E-state index contributed by atoms with van der Waals surface area (Å²) in [5.41, 5.74) is 0.0305.